The fourth-order valence-electron chi connectivity index (χ4n) is 9.05. The van der Waals surface area contributed by atoms with Gasteiger partial charge in [-0.1, -0.05) is 54.4 Å². The number of Topliss-reactive ketones (excluding diaryl/α,β-unsaturated/α-hetero) is 1. The van der Waals surface area contributed by atoms with Gasteiger partial charge >= 0.3 is 0 Å². The Labute approximate surface area is 191 Å². The van der Waals surface area contributed by atoms with Gasteiger partial charge in [0.25, 0.3) is 0 Å². The predicted octanol–water partition coefficient (Wildman–Crippen LogP) is 7.41. The molecule has 0 spiro atoms. The van der Waals surface area contributed by atoms with E-state index in [0.29, 0.717) is 41.8 Å². The maximum atomic E-state index is 13.2. The van der Waals surface area contributed by atoms with Crippen LogP contribution in [0.4, 0.5) is 0 Å². The Morgan fingerprint density at radius 1 is 1.00 bits per heavy atom. The second kappa shape index (κ2) is 8.45. The molecular formula is C29H46O2. The Kier molecular flexibility index (Phi) is 6.34. The zero-order chi connectivity index (χ0) is 22.6. The van der Waals surface area contributed by atoms with Crippen LogP contribution in [-0.2, 0) is 9.59 Å². The van der Waals surface area contributed by atoms with E-state index in [0.717, 1.165) is 35.7 Å². The van der Waals surface area contributed by atoms with Crippen LogP contribution in [0.5, 0.6) is 0 Å². The molecule has 2 heteroatoms. The van der Waals surface area contributed by atoms with E-state index in [-0.39, 0.29) is 11.2 Å². The Bertz CT molecular complexity index is 748. The highest BCUT2D eigenvalue weighted by atomic mass is 16.1. The molecule has 0 unspecified atom stereocenters. The molecule has 0 N–H and O–H groups in total. The molecule has 3 fully saturated rings. The molecule has 0 aromatic carbocycles. The number of hydrogen-bond donors (Lipinski definition) is 0. The Balaban J connectivity index is 1.52. The van der Waals surface area contributed by atoms with Crippen LogP contribution in [0.1, 0.15) is 106 Å². The molecular weight excluding hydrogens is 380 g/mol. The van der Waals surface area contributed by atoms with Crippen molar-refractivity contribution in [3.63, 3.8) is 0 Å². The summed E-state index contributed by atoms with van der Waals surface area (Å²) in [5, 5.41) is 0. The first-order chi connectivity index (χ1) is 14.6. The number of rotatable bonds is 6. The van der Waals surface area contributed by atoms with Crippen LogP contribution in [0.15, 0.2) is 11.6 Å². The first kappa shape index (κ1) is 23.2. The predicted molar refractivity (Wildman–Crippen MR) is 128 cm³/mol. The van der Waals surface area contributed by atoms with Gasteiger partial charge in [0.2, 0.25) is 0 Å². The summed E-state index contributed by atoms with van der Waals surface area (Å²) in [6.07, 6.45) is 13.2. The van der Waals surface area contributed by atoms with Gasteiger partial charge in [-0.3, -0.25) is 9.59 Å². The summed E-state index contributed by atoms with van der Waals surface area (Å²) < 4.78 is 0. The van der Waals surface area contributed by atoms with Crippen molar-refractivity contribution in [3.8, 4) is 0 Å². The number of fused-ring (bicyclic) bond motifs is 5. The first-order valence-corrected chi connectivity index (χ1v) is 13.4. The molecule has 2 nitrogen and oxygen atoms in total. The number of ketones is 2. The molecule has 174 valence electrons. The zero-order valence-electron chi connectivity index (χ0n) is 21.0. The fraction of sp³-hybridized carbons (Fsp3) is 0.862. The van der Waals surface area contributed by atoms with Gasteiger partial charge in [0, 0.05) is 18.4 Å². The molecule has 0 radical (unpaired) electrons. The van der Waals surface area contributed by atoms with Crippen LogP contribution >= 0.6 is 0 Å². The van der Waals surface area contributed by atoms with E-state index in [1.165, 1.54) is 44.9 Å². The largest absolute Gasteiger partial charge is 0.295 e. The van der Waals surface area contributed by atoms with Gasteiger partial charge in [-0.15, -0.1) is 0 Å². The van der Waals surface area contributed by atoms with Crippen molar-refractivity contribution in [2.45, 2.75) is 106 Å². The Morgan fingerprint density at radius 3 is 2.42 bits per heavy atom. The van der Waals surface area contributed by atoms with Crippen molar-refractivity contribution in [2.75, 3.05) is 0 Å². The van der Waals surface area contributed by atoms with E-state index in [2.05, 4.69) is 41.5 Å². The molecule has 0 aliphatic heterocycles. The van der Waals surface area contributed by atoms with Crippen LogP contribution in [0.2, 0.25) is 0 Å². The van der Waals surface area contributed by atoms with Crippen molar-refractivity contribution in [1.29, 1.82) is 0 Å². The second-order valence-corrected chi connectivity index (χ2v) is 12.6. The normalized spacial score (nSPS) is 42.0. The van der Waals surface area contributed by atoms with Gasteiger partial charge in [-0.25, -0.2) is 0 Å². The van der Waals surface area contributed by atoms with Crippen LogP contribution in [-0.4, -0.2) is 11.6 Å². The topological polar surface area (TPSA) is 34.1 Å². The SMILES string of the molecule is CC[C@H](CC[C@@H](C)[C@@H]1CC[C@H]2[C@@H]3CC(=O)C4=CC(=O)CC[C@]4(C)[C@H]3CC[C@@]21C)C(C)C. The number of hydrogen-bond acceptors (Lipinski definition) is 2. The smallest absolute Gasteiger partial charge is 0.159 e. The van der Waals surface area contributed by atoms with Gasteiger partial charge in [-0.2, -0.15) is 0 Å². The highest BCUT2D eigenvalue weighted by Crippen LogP contribution is 2.67. The molecule has 0 saturated heterocycles. The van der Waals surface area contributed by atoms with Crippen molar-refractivity contribution in [2.24, 2.45) is 52.3 Å². The second-order valence-electron chi connectivity index (χ2n) is 12.6. The number of carbonyl (C=O) groups is 2. The van der Waals surface area contributed by atoms with E-state index >= 15 is 0 Å². The average molecular weight is 427 g/mol. The zero-order valence-corrected chi connectivity index (χ0v) is 21.0. The lowest BCUT2D eigenvalue weighted by molar-refractivity contribution is -0.131. The molecule has 31 heavy (non-hydrogen) atoms. The monoisotopic (exact) mass is 426 g/mol. The summed E-state index contributed by atoms with van der Waals surface area (Å²) in [5.41, 5.74) is 1.24. The lowest BCUT2D eigenvalue weighted by Gasteiger charge is -2.57. The summed E-state index contributed by atoms with van der Waals surface area (Å²) in [5.74, 6) is 5.55. The maximum absolute atomic E-state index is 13.2. The van der Waals surface area contributed by atoms with E-state index in [4.69, 9.17) is 0 Å². The molecule has 4 aliphatic rings. The number of allylic oxidation sites excluding steroid dienone is 1. The van der Waals surface area contributed by atoms with Gasteiger partial charge in [0.1, 0.15) is 0 Å². The van der Waals surface area contributed by atoms with Gasteiger partial charge < -0.3 is 0 Å². The van der Waals surface area contributed by atoms with E-state index in [1.54, 1.807) is 6.08 Å². The summed E-state index contributed by atoms with van der Waals surface area (Å²) in [6.45, 7) is 14.5. The molecule has 8 atom stereocenters. The summed E-state index contributed by atoms with van der Waals surface area (Å²) in [4.78, 5) is 25.3. The summed E-state index contributed by atoms with van der Waals surface area (Å²) in [6, 6.07) is 0. The van der Waals surface area contributed by atoms with Crippen LogP contribution in [0, 0.1) is 52.3 Å². The summed E-state index contributed by atoms with van der Waals surface area (Å²) in [7, 11) is 0. The van der Waals surface area contributed by atoms with E-state index in [1.807, 2.05) is 0 Å². The standard InChI is InChI=1S/C29H46O2/c1-7-20(18(2)3)9-8-19(4)23-10-11-24-22-17-27(31)26-16-21(30)12-14-29(26,6)25(22)13-15-28(23,24)5/h16,18-20,22-25H,7-15,17H2,1-6H3/t19-,20-,22+,23+,24+,25+,28-,29-/m1/s1. The lowest BCUT2D eigenvalue weighted by atomic mass is 9.46. The van der Waals surface area contributed by atoms with E-state index in [9.17, 15) is 9.59 Å². The Hall–Kier alpha value is -0.920. The van der Waals surface area contributed by atoms with Crippen molar-refractivity contribution >= 4 is 11.6 Å². The van der Waals surface area contributed by atoms with Gasteiger partial charge in [-0.05, 0) is 96.9 Å². The maximum Gasteiger partial charge on any atom is 0.159 e. The first-order valence-electron chi connectivity index (χ1n) is 13.4. The number of carbonyl (C=O) groups excluding carboxylic acids is 2. The van der Waals surface area contributed by atoms with Crippen LogP contribution in [0.25, 0.3) is 0 Å². The van der Waals surface area contributed by atoms with Gasteiger partial charge in [0.15, 0.2) is 11.6 Å². The molecule has 0 heterocycles. The molecule has 3 saturated carbocycles. The van der Waals surface area contributed by atoms with Crippen molar-refractivity contribution in [1.82, 2.24) is 0 Å². The van der Waals surface area contributed by atoms with E-state index < -0.39 is 0 Å². The molecule has 0 bridgehead atoms. The minimum atomic E-state index is -0.0510. The fourth-order valence-corrected chi connectivity index (χ4v) is 9.05. The van der Waals surface area contributed by atoms with Crippen molar-refractivity contribution < 1.29 is 9.59 Å². The molecule has 4 rings (SSSR count). The third-order valence-electron chi connectivity index (χ3n) is 11.0. The lowest BCUT2D eigenvalue weighted by Crippen LogP contribution is -2.53. The third-order valence-corrected chi connectivity index (χ3v) is 11.0. The highest BCUT2D eigenvalue weighted by molar-refractivity contribution is 6.05. The molecule has 0 aromatic heterocycles. The third kappa shape index (κ3) is 3.78. The molecule has 0 aromatic rings. The quantitative estimate of drug-likeness (QED) is 0.443. The van der Waals surface area contributed by atoms with Crippen LogP contribution in [0.3, 0.4) is 0 Å². The summed E-state index contributed by atoms with van der Waals surface area (Å²) >= 11 is 0. The molecule has 0 amide bonds. The van der Waals surface area contributed by atoms with Gasteiger partial charge in [0.05, 0.1) is 0 Å². The molecule has 4 aliphatic carbocycles. The minimum absolute atomic E-state index is 0.0510. The van der Waals surface area contributed by atoms with Crippen molar-refractivity contribution in [3.05, 3.63) is 11.6 Å². The van der Waals surface area contributed by atoms with Crippen LogP contribution < -0.4 is 0 Å². The highest BCUT2D eigenvalue weighted by Gasteiger charge is 2.61. The average Bonchev–Trinajstić information content (AvgIpc) is 3.07. The Morgan fingerprint density at radius 2 is 1.74 bits per heavy atom. The minimum Gasteiger partial charge on any atom is -0.295 e.